The summed E-state index contributed by atoms with van der Waals surface area (Å²) in [6.07, 6.45) is 5.95. The van der Waals surface area contributed by atoms with Crippen LogP contribution < -0.4 is 0 Å². The van der Waals surface area contributed by atoms with Gasteiger partial charge in [0.25, 0.3) is 0 Å². The normalized spacial score (nSPS) is 19.0. The Morgan fingerprint density at radius 2 is 2.08 bits per heavy atom. The molecule has 0 bridgehead atoms. The minimum atomic E-state index is 0.721. The van der Waals surface area contributed by atoms with Crippen LogP contribution in [0.3, 0.4) is 0 Å². The van der Waals surface area contributed by atoms with Crippen molar-refractivity contribution in [1.82, 2.24) is 0 Å². The van der Waals surface area contributed by atoms with E-state index in [-0.39, 0.29) is 0 Å². The maximum Gasteiger partial charge on any atom is 0.0436 e. The standard InChI is InChI=1S/C12H19N/c1-5-10(4)8-12(11-6-7-11)13-9(2)3/h8,11H,2,5-7H2,1,3-4H3/b10-8+,13-12+. The van der Waals surface area contributed by atoms with E-state index in [0.29, 0.717) is 0 Å². The van der Waals surface area contributed by atoms with E-state index >= 15 is 0 Å². The van der Waals surface area contributed by atoms with Crippen molar-refractivity contribution in [3.05, 3.63) is 23.9 Å². The molecule has 13 heavy (non-hydrogen) atoms. The van der Waals surface area contributed by atoms with Crippen LogP contribution in [0.4, 0.5) is 0 Å². The number of hydrogen-bond acceptors (Lipinski definition) is 1. The number of aliphatic imine (C=N–C) groups is 1. The molecule has 0 aromatic heterocycles. The van der Waals surface area contributed by atoms with Crippen LogP contribution in [0.2, 0.25) is 0 Å². The quantitative estimate of drug-likeness (QED) is 0.580. The lowest BCUT2D eigenvalue weighted by Crippen LogP contribution is -1.97. The third-order valence-corrected chi connectivity index (χ3v) is 2.27. The van der Waals surface area contributed by atoms with Crippen molar-refractivity contribution in [1.29, 1.82) is 0 Å². The predicted molar refractivity (Wildman–Crippen MR) is 59.0 cm³/mol. The maximum absolute atomic E-state index is 4.47. The van der Waals surface area contributed by atoms with Crippen LogP contribution in [-0.4, -0.2) is 5.71 Å². The van der Waals surface area contributed by atoms with E-state index in [0.717, 1.165) is 18.0 Å². The van der Waals surface area contributed by atoms with Gasteiger partial charge in [0.1, 0.15) is 0 Å². The molecule has 0 aromatic rings. The van der Waals surface area contributed by atoms with Gasteiger partial charge in [-0.1, -0.05) is 19.1 Å². The van der Waals surface area contributed by atoms with Crippen LogP contribution in [-0.2, 0) is 0 Å². The Hall–Kier alpha value is -0.850. The molecule has 1 fully saturated rings. The SMILES string of the molecule is C=C(C)/N=C(\C=C(/C)CC)C1CC1. The molecule has 1 rings (SSSR count). The molecule has 1 nitrogen and oxygen atoms in total. The van der Waals surface area contributed by atoms with E-state index in [1.54, 1.807) is 0 Å². The van der Waals surface area contributed by atoms with Gasteiger partial charge in [0, 0.05) is 17.3 Å². The van der Waals surface area contributed by atoms with Crippen LogP contribution in [0.5, 0.6) is 0 Å². The minimum Gasteiger partial charge on any atom is -0.259 e. The Kier molecular flexibility index (Phi) is 3.47. The molecule has 0 N–H and O–H groups in total. The average molecular weight is 177 g/mol. The summed E-state index contributed by atoms with van der Waals surface area (Å²) in [4.78, 5) is 4.47. The van der Waals surface area contributed by atoms with Gasteiger partial charge >= 0.3 is 0 Å². The Balaban J connectivity index is 2.73. The summed E-state index contributed by atoms with van der Waals surface area (Å²) in [5, 5.41) is 0. The van der Waals surface area contributed by atoms with Gasteiger partial charge in [0.2, 0.25) is 0 Å². The van der Waals surface area contributed by atoms with Gasteiger partial charge in [-0.15, -0.1) is 0 Å². The van der Waals surface area contributed by atoms with Crippen molar-refractivity contribution in [2.75, 3.05) is 0 Å². The Bertz CT molecular complexity index is 254. The third-order valence-electron chi connectivity index (χ3n) is 2.27. The lowest BCUT2D eigenvalue weighted by Gasteiger charge is -2.00. The fourth-order valence-electron chi connectivity index (χ4n) is 1.20. The lowest BCUT2D eigenvalue weighted by atomic mass is 10.1. The van der Waals surface area contributed by atoms with E-state index in [2.05, 4.69) is 31.5 Å². The molecule has 0 saturated heterocycles. The Labute approximate surface area is 81.3 Å². The van der Waals surface area contributed by atoms with Gasteiger partial charge in [-0.05, 0) is 39.2 Å². The molecule has 1 aliphatic carbocycles. The summed E-state index contributed by atoms with van der Waals surface area (Å²) in [7, 11) is 0. The first-order valence-electron chi connectivity index (χ1n) is 5.04. The highest BCUT2D eigenvalue weighted by molar-refractivity contribution is 5.99. The third kappa shape index (κ3) is 3.58. The number of rotatable bonds is 4. The summed E-state index contributed by atoms with van der Waals surface area (Å²) in [6.45, 7) is 10.1. The van der Waals surface area contributed by atoms with Crippen LogP contribution in [0.25, 0.3) is 0 Å². The largest absolute Gasteiger partial charge is 0.259 e. The topological polar surface area (TPSA) is 12.4 Å². The summed E-state index contributed by atoms with van der Waals surface area (Å²) in [5.74, 6) is 0.721. The van der Waals surface area contributed by atoms with Gasteiger partial charge in [-0.3, -0.25) is 4.99 Å². The number of nitrogens with zero attached hydrogens (tertiary/aromatic N) is 1. The van der Waals surface area contributed by atoms with E-state index in [1.807, 2.05) is 6.92 Å². The van der Waals surface area contributed by atoms with Gasteiger partial charge in [-0.25, -0.2) is 0 Å². The molecule has 0 aromatic carbocycles. The lowest BCUT2D eigenvalue weighted by molar-refractivity contribution is 1.09. The van der Waals surface area contributed by atoms with Crippen molar-refractivity contribution in [2.24, 2.45) is 10.9 Å². The molecule has 0 radical (unpaired) electrons. The smallest absolute Gasteiger partial charge is 0.0436 e. The average Bonchev–Trinajstić information content (AvgIpc) is 2.84. The van der Waals surface area contributed by atoms with E-state index in [4.69, 9.17) is 0 Å². The first-order chi connectivity index (χ1) is 6.13. The molecule has 72 valence electrons. The van der Waals surface area contributed by atoms with Crippen LogP contribution in [0.15, 0.2) is 28.9 Å². The number of allylic oxidation sites excluding steroid dienone is 3. The molecule has 0 spiro atoms. The molecule has 1 aliphatic rings. The molecule has 1 saturated carbocycles. The first kappa shape index (κ1) is 10.2. The van der Waals surface area contributed by atoms with Crippen LogP contribution in [0.1, 0.15) is 40.0 Å². The predicted octanol–water partition coefficient (Wildman–Crippen LogP) is 3.73. The first-order valence-corrected chi connectivity index (χ1v) is 5.04. The summed E-state index contributed by atoms with van der Waals surface area (Å²) < 4.78 is 0. The van der Waals surface area contributed by atoms with E-state index < -0.39 is 0 Å². The second-order valence-corrected chi connectivity index (χ2v) is 3.89. The van der Waals surface area contributed by atoms with Gasteiger partial charge in [0.05, 0.1) is 0 Å². The fraction of sp³-hybridized carbons (Fsp3) is 0.583. The van der Waals surface area contributed by atoms with Gasteiger partial charge in [0.15, 0.2) is 0 Å². The molecule has 0 amide bonds. The highest BCUT2D eigenvalue weighted by atomic mass is 14.8. The van der Waals surface area contributed by atoms with Crippen molar-refractivity contribution in [3.8, 4) is 0 Å². The second kappa shape index (κ2) is 4.40. The summed E-state index contributed by atoms with van der Waals surface area (Å²) in [5.41, 5.74) is 3.57. The zero-order valence-corrected chi connectivity index (χ0v) is 8.93. The van der Waals surface area contributed by atoms with E-state index in [1.165, 1.54) is 24.1 Å². The van der Waals surface area contributed by atoms with Crippen LogP contribution >= 0.6 is 0 Å². The van der Waals surface area contributed by atoms with Crippen molar-refractivity contribution >= 4 is 5.71 Å². The fourth-order valence-corrected chi connectivity index (χ4v) is 1.20. The van der Waals surface area contributed by atoms with Crippen molar-refractivity contribution < 1.29 is 0 Å². The second-order valence-electron chi connectivity index (χ2n) is 3.89. The maximum atomic E-state index is 4.47. The minimum absolute atomic E-state index is 0.721. The summed E-state index contributed by atoms with van der Waals surface area (Å²) in [6, 6.07) is 0. The highest BCUT2D eigenvalue weighted by Gasteiger charge is 2.25. The van der Waals surface area contributed by atoms with Gasteiger partial charge < -0.3 is 0 Å². The zero-order valence-electron chi connectivity index (χ0n) is 8.93. The molecule has 0 atom stereocenters. The summed E-state index contributed by atoms with van der Waals surface area (Å²) >= 11 is 0. The number of hydrogen-bond donors (Lipinski definition) is 0. The molecule has 0 unspecified atom stereocenters. The van der Waals surface area contributed by atoms with Crippen LogP contribution in [0, 0.1) is 5.92 Å². The Morgan fingerprint density at radius 1 is 1.46 bits per heavy atom. The zero-order chi connectivity index (χ0) is 9.84. The molecule has 1 heteroatoms. The van der Waals surface area contributed by atoms with Crippen molar-refractivity contribution in [3.63, 3.8) is 0 Å². The molecule has 0 heterocycles. The highest BCUT2D eigenvalue weighted by Crippen LogP contribution is 2.32. The molecular weight excluding hydrogens is 158 g/mol. The van der Waals surface area contributed by atoms with Gasteiger partial charge in [-0.2, -0.15) is 0 Å². The van der Waals surface area contributed by atoms with E-state index in [9.17, 15) is 0 Å². The molecular formula is C12H19N. The van der Waals surface area contributed by atoms with Crippen molar-refractivity contribution in [2.45, 2.75) is 40.0 Å². The molecule has 0 aliphatic heterocycles. The Morgan fingerprint density at radius 3 is 2.46 bits per heavy atom. The monoisotopic (exact) mass is 177 g/mol.